The van der Waals surface area contributed by atoms with Gasteiger partial charge in [-0.2, -0.15) is 17.7 Å². The molecule has 6 heteroatoms. The van der Waals surface area contributed by atoms with Crippen molar-refractivity contribution in [3.8, 4) is 0 Å². The lowest BCUT2D eigenvalue weighted by Crippen LogP contribution is -2.33. The van der Waals surface area contributed by atoms with Crippen molar-refractivity contribution in [3.05, 3.63) is 22.9 Å². The molecule has 0 fully saturated rings. The van der Waals surface area contributed by atoms with Crippen molar-refractivity contribution in [2.45, 2.75) is 33.2 Å². The van der Waals surface area contributed by atoms with E-state index < -0.39 is 0 Å². The second-order valence-electron chi connectivity index (χ2n) is 5.05. The number of rotatable bonds is 5. The van der Waals surface area contributed by atoms with Gasteiger partial charge in [0, 0.05) is 13.6 Å². The van der Waals surface area contributed by atoms with E-state index >= 15 is 0 Å². The second kappa shape index (κ2) is 5.36. The van der Waals surface area contributed by atoms with E-state index in [1.165, 1.54) is 0 Å². The fourth-order valence-electron chi connectivity index (χ4n) is 2.29. The normalized spacial score (nSPS) is 12.2. The lowest BCUT2D eigenvalue weighted by Gasteiger charge is -2.30. The maximum atomic E-state index is 12.4. The predicted molar refractivity (Wildman–Crippen MR) is 79.6 cm³/mol. The first kappa shape index (κ1) is 14.1. The second-order valence-corrected chi connectivity index (χ2v) is 5.36. The van der Waals surface area contributed by atoms with Crippen LogP contribution in [0.5, 0.6) is 0 Å². The average Bonchev–Trinajstić information content (AvgIpc) is 2.81. The molecule has 0 saturated heterocycles. The third kappa shape index (κ3) is 2.41. The maximum absolute atomic E-state index is 12.4. The smallest absolute Gasteiger partial charge is 0.264 e. The fraction of sp³-hybridized carbons (Fsp3) is 0.615. The van der Waals surface area contributed by atoms with Crippen molar-refractivity contribution >= 4 is 23.7 Å². The van der Waals surface area contributed by atoms with Crippen LogP contribution in [0, 0.1) is 5.41 Å². The van der Waals surface area contributed by atoms with Crippen molar-refractivity contribution in [1.29, 1.82) is 0 Å². The Labute approximate surface area is 118 Å². The molecule has 0 spiro atoms. The van der Waals surface area contributed by atoms with E-state index in [2.05, 4.69) is 36.6 Å². The van der Waals surface area contributed by atoms with Crippen LogP contribution in [0.25, 0.3) is 11.0 Å². The highest BCUT2D eigenvalue weighted by atomic mass is 32.1. The van der Waals surface area contributed by atoms with Crippen LogP contribution in [-0.4, -0.2) is 25.1 Å². The summed E-state index contributed by atoms with van der Waals surface area (Å²) in [4.78, 5) is 16.7. The van der Waals surface area contributed by atoms with E-state index in [0.29, 0.717) is 17.6 Å². The quantitative estimate of drug-likeness (QED) is 0.851. The molecule has 0 atom stereocenters. The zero-order valence-electron chi connectivity index (χ0n) is 11.6. The Morgan fingerprint density at radius 1 is 1.37 bits per heavy atom. The summed E-state index contributed by atoms with van der Waals surface area (Å²) in [5, 5.41) is 4.65. The molecule has 2 rings (SSSR count). The number of hydrogen-bond acceptors (Lipinski definition) is 4. The van der Waals surface area contributed by atoms with Crippen LogP contribution in [-0.2, 0) is 13.6 Å². The summed E-state index contributed by atoms with van der Waals surface area (Å²) < 4.78 is 3.31. The van der Waals surface area contributed by atoms with Crippen LogP contribution >= 0.6 is 12.6 Å². The predicted octanol–water partition coefficient (Wildman–Crippen LogP) is 1.87. The monoisotopic (exact) mass is 280 g/mol. The zero-order valence-corrected chi connectivity index (χ0v) is 12.5. The lowest BCUT2D eigenvalue weighted by molar-refractivity contribution is 0.254. The molecular formula is C13H20N4OS. The molecule has 0 N–H and O–H groups in total. The number of nitrogens with zero attached hydrogens (tertiary/aromatic N) is 4. The SMILES string of the molecule is CCC(CC)(CS)Cn1cnc2c(cnn2C)c1=O. The Bertz CT molecular complexity index is 619. The Morgan fingerprint density at radius 3 is 2.63 bits per heavy atom. The molecule has 5 nitrogen and oxygen atoms in total. The summed E-state index contributed by atoms with van der Waals surface area (Å²) in [5.74, 6) is 0.761. The number of aromatic nitrogens is 4. The van der Waals surface area contributed by atoms with Crippen molar-refractivity contribution in [3.63, 3.8) is 0 Å². The van der Waals surface area contributed by atoms with Crippen molar-refractivity contribution in [2.75, 3.05) is 5.75 Å². The van der Waals surface area contributed by atoms with Crippen LogP contribution in [0.15, 0.2) is 17.3 Å². The summed E-state index contributed by atoms with van der Waals surface area (Å²) in [5.41, 5.74) is 0.654. The molecule has 0 saturated carbocycles. The molecule has 0 aliphatic rings. The van der Waals surface area contributed by atoms with E-state index in [1.807, 2.05) is 0 Å². The van der Waals surface area contributed by atoms with Gasteiger partial charge in [-0.3, -0.25) is 14.0 Å². The molecule has 0 aliphatic heterocycles. The Hall–Kier alpha value is -1.30. The number of fused-ring (bicyclic) bond motifs is 1. The van der Waals surface area contributed by atoms with Gasteiger partial charge in [0.05, 0.1) is 12.5 Å². The van der Waals surface area contributed by atoms with Crippen LogP contribution < -0.4 is 5.56 Å². The average molecular weight is 280 g/mol. The highest BCUT2D eigenvalue weighted by molar-refractivity contribution is 7.80. The number of aryl methyl sites for hydroxylation is 1. The molecule has 0 aliphatic carbocycles. The molecule has 0 amide bonds. The van der Waals surface area contributed by atoms with E-state index in [4.69, 9.17) is 0 Å². The minimum absolute atomic E-state index is 0.0221. The van der Waals surface area contributed by atoms with Gasteiger partial charge in [0.2, 0.25) is 0 Å². The van der Waals surface area contributed by atoms with Gasteiger partial charge < -0.3 is 0 Å². The van der Waals surface area contributed by atoms with Gasteiger partial charge in [-0.1, -0.05) is 13.8 Å². The highest BCUT2D eigenvalue weighted by Crippen LogP contribution is 2.29. The molecule has 19 heavy (non-hydrogen) atoms. The standard InChI is InChI=1S/C13H20N4OS/c1-4-13(5-2,8-19)7-17-9-14-11-10(12(17)18)6-15-16(11)3/h6,9,19H,4-5,7-8H2,1-3H3. The molecule has 2 aromatic rings. The van der Waals surface area contributed by atoms with Gasteiger partial charge in [0.1, 0.15) is 5.39 Å². The number of hydrogen-bond donors (Lipinski definition) is 1. The van der Waals surface area contributed by atoms with Gasteiger partial charge in [-0.05, 0) is 24.0 Å². The third-order valence-electron chi connectivity index (χ3n) is 4.06. The minimum Gasteiger partial charge on any atom is -0.298 e. The molecule has 2 aromatic heterocycles. The molecular weight excluding hydrogens is 260 g/mol. The first-order valence-corrected chi connectivity index (χ1v) is 7.18. The molecule has 2 heterocycles. The first-order chi connectivity index (χ1) is 9.06. The van der Waals surface area contributed by atoms with Crippen LogP contribution in [0.4, 0.5) is 0 Å². The molecule has 0 radical (unpaired) electrons. The topological polar surface area (TPSA) is 52.7 Å². The van der Waals surface area contributed by atoms with E-state index in [0.717, 1.165) is 18.6 Å². The Balaban J connectivity index is 2.46. The van der Waals surface area contributed by atoms with Crippen LogP contribution in [0.1, 0.15) is 26.7 Å². The molecule has 0 aromatic carbocycles. The number of thiol groups is 1. The first-order valence-electron chi connectivity index (χ1n) is 6.55. The fourth-order valence-corrected chi connectivity index (χ4v) is 2.83. The van der Waals surface area contributed by atoms with E-state index in [9.17, 15) is 4.79 Å². The van der Waals surface area contributed by atoms with Gasteiger partial charge in [-0.15, -0.1) is 0 Å². The Morgan fingerprint density at radius 2 is 2.05 bits per heavy atom. The molecule has 104 valence electrons. The summed E-state index contributed by atoms with van der Waals surface area (Å²) >= 11 is 4.45. The van der Waals surface area contributed by atoms with Crippen molar-refractivity contribution in [1.82, 2.24) is 19.3 Å². The largest absolute Gasteiger partial charge is 0.298 e. The van der Waals surface area contributed by atoms with Crippen LogP contribution in [0.2, 0.25) is 0 Å². The minimum atomic E-state index is -0.0221. The van der Waals surface area contributed by atoms with E-state index in [1.54, 1.807) is 28.8 Å². The van der Waals surface area contributed by atoms with Crippen molar-refractivity contribution < 1.29 is 0 Å². The lowest BCUT2D eigenvalue weighted by atomic mass is 9.84. The summed E-state index contributed by atoms with van der Waals surface area (Å²) in [6, 6.07) is 0. The van der Waals surface area contributed by atoms with Gasteiger partial charge in [0.15, 0.2) is 5.65 Å². The van der Waals surface area contributed by atoms with Crippen LogP contribution in [0.3, 0.4) is 0 Å². The highest BCUT2D eigenvalue weighted by Gasteiger charge is 2.26. The van der Waals surface area contributed by atoms with E-state index in [-0.39, 0.29) is 11.0 Å². The Kier molecular flexibility index (Phi) is 3.99. The van der Waals surface area contributed by atoms with Gasteiger partial charge >= 0.3 is 0 Å². The maximum Gasteiger partial charge on any atom is 0.264 e. The third-order valence-corrected chi connectivity index (χ3v) is 4.73. The van der Waals surface area contributed by atoms with Crippen molar-refractivity contribution in [2.24, 2.45) is 12.5 Å². The summed E-state index contributed by atoms with van der Waals surface area (Å²) in [7, 11) is 1.79. The van der Waals surface area contributed by atoms with Gasteiger partial charge in [0.25, 0.3) is 5.56 Å². The van der Waals surface area contributed by atoms with Gasteiger partial charge in [-0.25, -0.2) is 4.98 Å². The zero-order chi connectivity index (χ0) is 14.0. The molecule has 0 bridgehead atoms. The summed E-state index contributed by atoms with van der Waals surface area (Å²) in [6.07, 6.45) is 5.19. The summed E-state index contributed by atoms with van der Waals surface area (Å²) in [6.45, 7) is 4.93. The molecule has 0 unspecified atom stereocenters.